The van der Waals surface area contributed by atoms with Gasteiger partial charge in [-0.1, -0.05) is 76.6 Å². The summed E-state index contributed by atoms with van der Waals surface area (Å²) in [4.78, 5) is 52.1. The Hall–Kier alpha value is -5.45. The van der Waals surface area contributed by atoms with Gasteiger partial charge in [-0.25, -0.2) is 0 Å². The van der Waals surface area contributed by atoms with Gasteiger partial charge in [0.15, 0.2) is 0 Å². The summed E-state index contributed by atoms with van der Waals surface area (Å²) >= 11 is 4.79. The van der Waals surface area contributed by atoms with Gasteiger partial charge < -0.3 is 21.7 Å². The number of carbonyl (C=O) groups excluding carboxylic acids is 4. The number of thioether (sulfide) groups is 1. The highest BCUT2D eigenvalue weighted by atomic mass is 79.9. The van der Waals surface area contributed by atoms with Gasteiger partial charge in [0.2, 0.25) is 11.8 Å². The molecular formula is C37H29BrN4O4S. The third kappa shape index (κ3) is 9.29. The summed E-state index contributed by atoms with van der Waals surface area (Å²) in [6, 6.07) is 38.9. The maximum atomic E-state index is 13.5. The number of carbonyl (C=O) groups is 4. The standard InChI is InChI=1S/C37H29BrN4O4S/c38-28-13-7-8-24(22-28)23-32(42-35(44)27-11-5-2-6-12-27)36(45)40-30-18-20-31(21-19-30)47-33(25-9-3-1-4-10-25)37(46)41-29-16-14-26(15-17-29)34(39)43/h1-23,33H,(H2,39,43)(H,40,45)(H,41,46)(H,42,44)/b32-23-. The van der Waals surface area contributed by atoms with Crippen LogP contribution in [0.5, 0.6) is 0 Å². The molecule has 0 radical (unpaired) electrons. The van der Waals surface area contributed by atoms with E-state index < -0.39 is 23.0 Å². The number of anilines is 2. The zero-order valence-electron chi connectivity index (χ0n) is 24.9. The smallest absolute Gasteiger partial charge is 0.272 e. The lowest BCUT2D eigenvalue weighted by atomic mass is 10.1. The van der Waals surface area contributed by atoms with Crippen LogP contribution in [0.25, 0.3) is 6.08 Å². The largest absolute Gasteiger partial charge is 0.366 e. The molecule has 0 aliphatic heterocycles. The molecule has 5 aromatic rings. The molecule has 5 N–H and O–H groups in total. The maximum Gasteiger partial charge on any atom is 0.272 e. The fourth-order valence-electron chi connectivity index (χ4n) is 4.48. The highest BCUT2D eigenvalue weighted by Crippen LogP contribution is 2.37. The van der Waals surface area contributed by atoms with E-state index in [1.54, 1.807) is 66.7 Å². The Kier molecular flexibility index (Phi) is 11.0. The molecule has 5 aromatic carbocycles. The van der Waals surface area contributed by atoms with Crippen LogP contribution in [0.1, 0.15) is 37.1 Å². The summed E-state index contributed by atoms with van der Waals surface area (Å²) in [5.41, 5.74) is 8.72. The monoisotopic (exact) mass is 704 g/mol. The number of rotatable bonds is 11. The van der Waals surface area contributed by atoms with Gasteiger partial charge >= 0.3 is 0 Å². The van der Waals surface area contributed by atoms with Crippen LogP contribution in [-0.4, -0.2) is 23.6 Å². The van der Waals surface area contributed by atoms with E-state index in [-0.39, 0.29) is 11.6 Å². The van der Waals surface area contributed by atoms with Crippen molar-refractivity contribution in [3.8, 4) is 0 Å². The van der Waals surface area contributed by atoms with E-state index in [0.717, 1.165) is 20.5 Å². The first-order chi connectivity index (χ1) is 22.7. The van der Waals surface area contributed by atoms with Crippen LogP contribution in [0, 0.1) is 0 Å². The molecule has 0 aromatic heterocycles. The van der Waals surface area contributed by atoms with Crippen LogP contribution in [0.2, 0.25) is 0 Å². The Labute approximate surface area is 284 Å². The molecule has 47 heavy (non-hydrogen) atoms. The Balaban J connectivity index is 1.32. The minimum absolute atomic E-state index is 0.0695. The lowest BCUT2D eigenvalue weighted by Gasteiger charge is -2.18. The second-order valence-electron chi connectivity index (χ2n) is 10.3. The van der Waals surface area contributed by atoms with Crippen LogP contribution in [-0.2, 0) is 9.59 Å². The molecule has 0 bridgehead atoms. The first-order valence-corrected chi connectivity index (χ1v) is 16.1. The summed E-state index contributed by atoms with van der Waals surface area (Å²) in [6.07, 6.45) is 1.61. The zero-order valence-corrected chi connectivity index (χ0v) is 27.3. The maximum absolute atomic E-state index is 13.5. The van der Waals surface area contributed by atoms with Crippen LogP contribution >= 0.6 is 27.7 Å². The van der Waals surface area contributed by atoms with Gasteiger partial charge in [-0.2, -0.15) is 0 Å². The predicted molar refractivity (Wildman–Crippen MR) is 190 cm³/mol. The second-order valence-corrected chi connectivity index (χ2v) is 12.3. The molecule has 5 rings (SSSR count). The normalized spacial score (nSPS) is 11.6. The summed E-state index contributed by atoms with van der Waals surface area (Å²) in [6.45, 7) is 0. The first-order valence-electron chi connectivity index (χ1n) is 14.4. The average molecular weight is 706 g/mol. The molecule has 0 fully saturated rings. The molecular weight excluding hydrogens is 676 g/mol. The number of primary amides is 1. The number of hydrogen-bond donors (Lipinski definition) is 4. The van der Waals surface area contributed by atoms with Crippen molar-refractivity contribution < 1.29 is 19.2 Å². The molecule has 0 spiro atoms. The second kappa shape index (κ2) is 15.7. The Morgan fingerprint density at radius 1 is 0.681 bits per heavy atom. The molecule has 4 amide bonds. The number of amides is 4. The predicted octanol–water partition coefficient (Wildman–Crippen LogP) is 7.43. The fourth-order valence-corrected chi connectivity index (χ4v) is 5.92. The van der Waals surface area contributed by atoms with Gasteiger partial charge in [-0.3, -0.25) is 19.2 Å². The number of hydrogen-bond acceptors (Lipinski definition) is 5. The zero-order chi connectivity index (χ0) is 33.2. The molecule has 8 nitrogen and oxygen atoms in total. The lowest BCUT2D eigenvalue weighted by Crippen LogP contribution is -2.30. The Morgan fingerprint density at radius 2 is 1.30 bits per heavy atom. The van der Waals surface area contributed by atoms with Gasteiger partial charge in [0.1, 0.15) is 10.9 Å². The molecule has 0 saturated heterocycles. The molecule has 0 aliphatic carbocycles. The van der Waals surface area contributed by atoms with Gasteiger partial charge in [0.05, 0.1) is 0 Å². The third-order valence-corrected chi connectivity index (χ3v) is 8.59. The van der Waals surface area contributed by atoms with Gasteiger partial charge in [-0.05, 0) is 90.0 Å². The van der Waals surface area contributed by atoms with E-state index in [9.17, 15) is 19.2 Å². The van der Waals surface area contributed by atoms with Crippen LogP contribution in [0.4, 0.5) is 11.4 Å². The van der Waals surface area contributed by atoms with E-state index in [1.807, 2.05) is 72.8 Å². The Bertz CT molecular complexity index is 1920. The van der Waals surface area contributed by atoms with Gasteiger partial charge in [0, 0.05) is 31.9 Å². The van der Waals surface area contributed by atoms with Crippen molar-refractivity contribution in [3.05, 3.63) is 166 Å². The summed E-state index contributed by atoms with van der Waals surface area (Å²) in [5.74, 6) is -1.71. The van der Waals surface area contributed by atoms with E-state index >= 15 is 0 Å². The van der Waals surface area contributed by atoms with E-state index in [0.29, 0.717) is 22.5 Å². The quantitative estimate of drug-likeness (QED) is 0.0839. The SMILES string of the molecule is NC(=O)c1ccc(NC(=O)C(Sc2ccc(NC(=O)/C(=C/c3cccc(Br)c3)NC(=O)c3ccccc3)cc2)c2ccccc2)cc1. The summed E-state index contributed by atoms with van der Waals surface area (Å²) < 4.78 is 0.831. The number of nitrogens with one attached hydrogen (secondary N) is 3. The number of benzene rings is 5. The van der Waals surface area contributed by atoms with Crippen molar-refractivity contribution in [2.75, 3.05) is 10.6 Å². The van der Waals surface area contributed by atoms with Crippen molar-refractivity contribution in [1.29, 1.82) is 0 Å². The van der Waals surface area contributed by atoms with E-state index in [1.165, 1.54) is 11.8 Å². The molecule has 0 aliphatic rings. The first kappa shape index (κ1) is 32.9. The minimum Gasteiger partial charge on any atom is -0.366 e. The average Bonchev–Trinajstić information content (AvgIpc) is 3.08. The highest BCUT2D eigenvalue weighted by Gasteiger charge is 2.23. The van der Waals surface area contributed by atoms with Crippen molar-refractivity contribution in [1.82, 2.24) is 5.32 Å². The topological polar surface area (TPSA) is 130 Å². The molecule has 0 saturated carbocycles. The van der Waals surface area contributed by atoms with Crippen LogP contribution in [0.15, 0.2) is 149 Å². The van der Waals surface area contributed by atoms with Crippen molar-refractivity contribution in [3.63, 3.8) is 0 Å². The lowest BCUT2D eigenvalue weighted by molar-refractivity contribution is -0.116. The summed E-state index contributed by atoms with van der Waals surface area (Å²) in [7, 11) is 0. The molecule has 0 heterocycles. The van der Waals surface area contributed by atoms with Crippen molar-refractivity contribution in [2.45, 2.75) is 10.1 Å². The van der Waals surface area contributed by atoms with Crippen molar-refractivity contribution in [2.24, 2.45) is 5.73 Å². The number of nitrogens with two attached hydrogens (primary N) is 1. The van der Waals surface area contributed by atoms with Crippen molar-refractivity contribution >= 4 is 68.8 Å². The minimum atomic E-state index is -0.597. The highest BCUT2D eigenvalue weighted by molar-refractivity contribution is 9.10. The summed E-state index contributed by atoms with van der Waals surface area (Å²) in [5, 5.41) is 7.92. The third-order valence-electron chi connectivity index (χ3n) is 6.83. The van der Waals surface area contributed by atoms with E-state index in [4.69, 9.17) is 5.73 Å². The van der Waals surface area contributed by atoms with Gasteiger partial charge in [-0.15, -0.1) is 11.8 Å². The fraction of sp³-hybridized carbons (Fsp3) is 0.0270. The number of halogens is 1. The molecule has 1 atom stereocenters. The van der Waals surface area contributed by atoms with Gasteiger partial charge in [0.25, 0.3) is 11.8 Å². The Morgan fingerprint density at radius 3 is 1.94 bits per heavy atom. The molecule has 10 heteroatoms. The van der Waals surface area contributed by atoms with Crippen LogP contribution < -0.4 is 21.7 Å². The molecule has 234 valence electrons. The van der Waals surface area contributed by atoms with Crippen LogP contribution in [0.3, 0.4) is 0 Å². The van der Waals surface area contributed by atoms with E-state index in [2.05, 4.69) is 31.9 Å². The molecule has 1 unspecified atom stereocenters.